The standard InChI is InChI=1S/C16H12BrNO/c1-16-9-10-6-7-11(17)8-14(10)18(16)15(19)12-4-2-3-5-13(12)16/h2-8H,9H2,1H3/t16-/m1/s1. The van der Waals surface area contributed by atoms with E-state index in [9.17, 15) is 4.79 Å². The van der Waals surface area contributed by atoms with E-state index in [1.165, 1.54) is 5.56 Å². The van der Waals surface area contributed by atoms with Crippen LogP contribution in [0.25, 0.3) is 0 Å². The highest BCUT2D eigenvalue weighted by Gasteiger charge is 2.51. The minimum absolute atomic E-state index is 0.120. The number of anilines is 1. The lowest BCUT2D eigenvalue weighted by Gasteiger charge is -2.28. The van der Waals surface area contributed by atoms with Crippen molar-refractivity contribution in [2.75, 3.05) is 4.90 Å². The van der Waals surface area contributed by atoms with Gasteiger partial charge in [-0.3, -0.25) is 9.69 Å². The average Bonchev–Trinajstić information content (AvgIpc) is 2.81. The van der Waals surface area contributed by atoms with Crippen LogP contribution < -0.4 is 4.90 Å². The van der Waals surface area contributed by atoms with Crippen LogP contribution in [0.4, 0.5) is 5.69 Å². The lowest BCUT2D eigenvalue weighted by atomic mass is 9.88. The Bertz CT molecular complexity index is 724. The van der Waals surface area contributed by atoms with E-state index in [4.69, 9.17) is 0 Å². The minimum atomic E-state index is -0.225. The van der Waals surface area contributed by atoms with Gasteiger partial charge in [-0.15, -0.1) is 0 Å². The van der Waals surface area contributed by atoms with E-state index in [0.717, 1.165) is 27.7 Å². The number of halogens is 1. The van der Waals surface area contributed by atoms with E-state index in [1.54, 1.807) is 0 Å². The van der Waals surface area contributed by atoms with Crippen molar-refractivity contribution < 1.29 is 4.79 Å². The zero-order valence-electron chi connectivity index (χ0n) is 10.5. The molecule has 94 valence electrons. The van der Waals surface area contributed by atoms with Crippen molar-refractivity contribution in [3.05, 3.63) is 63.6 Å². The molecule has 0 saturated carbocycles. The molecule has 0 spiro atoms. The van der Waals surface area contributed by atoms with Crippen molar-refractivity contribution in [1.29, 1.82) is 0 Å². The van der Waals surface area contributed by atoms with Crippen LogP contribution in [0.1, 0.15) is 28.4 Å². The summed E-state index contributed by atoms with van der Waals surface area (Å²) in [7, 11) is 0. The van der Waals surface area contributed by atoms with Crippen molar-refractivity contribution in [3.63, 3.8) is 0 Å². The Hall–Kier alpha value is -1.61. The number of fused-ring (bicyclic) bond motifs is 5. The fourth-order valence-corrected chi connectivity index (χ4v) is 3.77. The molecule has 2 aromatic rings. The number of amides is 1. The maximum Gasteiger partial charge on any atom is 0.259 e. The van der Waals surface area contributed by atoms with Crippen LogP contribution in [0.15, 0.2) is 46.9 Å². The SMILES string of the molecule is C[C@]12Cc3ccc(Br)cc3N1C(=O)c1ccccc12. The largest absolute Gasteiger partial charge is 0.298 e. The van der Waals surface area contributed by atoms with Gasteiger partial charge in [-0.1, -0.05) is 40.2 Å². The summed E-state index contributed by atoms with van der Waals surface area (Å²) >= 11 is 3.50. The Kier molecular flexibility index (Phi) is 2.06. The highest BCUT2D eigenvalue weighted by molar-refractivity contribution is 9.10. The van der Waals surface area contributed by atoms with Gasteiger partial charge in [0.05, 0.1) is 5.54 Å². The van der Waals surface area contributed by atoms with Gasteiger partial charge in [0.25, 0.3) is 5.91 Å². The molecule has 2 nitrogen and oxygen atoms in total. The first kappa shape index (κ1) is 11.2. The van der Waals surface area contributed by atoms with Crippen molar-refractivity contribution in [2.45, 2.75) is 18.9 Å². The number of hydrogen-bond donors (Lipinski definition) is 0. The van der Waals surface area contributed by atoms with E-state index < -0.39 is 0 Å². The smallest absolute Gasteiger partial charge is 0.259 e. The summed E-state index contributed by atoms with van der Waals surface area (Å²) < 4.78 is 1.01. The zero-order valence-corrected chi connectivity index (χ0v) is 12.1. The van der Waals surface area contributed by atoms with Gasteiger partial charge in [0.15, 0.2) is 0 Å². The van der Waals surface area contributed by atoms with Crippen LogP contribution in [0.2, 0.25) is 0 Å². The van der Waals surface area contributed by atoms with Crippen LogP contribution in [-0.4, -0.2) is 5.91 Å². The number of benzene rings is 2. The molecule has 0 unspecified atom stereocenters. The van der Waals surface area contributed by atoms with Gasteiger partial charge in [0.1, 0.15) is 0 Å². The number of hydrogen-bond acceptors (Lipinski definition) is 1. The first-order valence-electron chi connectivity index (χ1n) is 6.34. The Labute approximate surface area is 120 Å². The Morgan fingerprint density at radius 3 is 2.84 bits per heavy atom. The van der Waals surface area contributed by atoms with Crippen molar-refractivity contribution in [3.8, 4) is 0 Å². The quantitative estimate of drug-likeness (QED) is 0.722. The summed E-state index contributed by atoms with van der Waals surface area (Å²) in [5.41, 5.74) is 4.05. The molecule has 0 N–H and O–H groups in total. The van der Waals surface area contributed by atoms with Gasteiger partial charge >= 0.3 is 0 Å². The van der Waals surface area contributed by atoms with Crippen LogP contribution in [0.5, 0.6) is 0 Å². The molecule has 0 aliphatic carbocycles. The van der Waals surface area contributed by atoms with Crippen molar-refractivity contribution in [2.24, 2.45) is 0 Å². The molecule has 3 heteroatoms. The zero-order chi connectivity index (χ0) is 13.2. The van der Waals surface area contributed by atoms with Gasteiger partial charge in [-0.05, 0) is 36.2 Å². The van der Waals surface area contributed by atoms with E-state index in [-0.39, 0.29) is 11.4 Å². The summed E-state index contributed by atoms with van der Waals surface area (Å²) in [6, 6.07) is 14.2. The summed E-state index contributed by atoms with van der Waals surface area (Å²) in [5, 5.41) is 0. The highest BCUT2D eigenvalue weighted by atomic mass is 79.9. The average molecular weight is 314 g/mol. The third-order valence-corrected chi connectivity index (χ3v) is 4.75. The van der Waals surface area contributed by atoms with Crippen molar-refractivity contribution in [1.82, 2.24) is 0 Å². The fraction of sp³-hybridized carbons (Fsp3) is 0.188. The number of carbonyl (C=O) groups is 1. The lowest BCUT2D eigenvalue weighted by molar-refractivity contribution is 0.0983. The molecule has 4 rings (SSSR count). The summed E-state index contributed by atoms with van der Waals surface area (Å²) in [6.45, 7) is 2.16. The van der Waals surface area contributed by atoms with E-state index in [0.29, 0.717) is 0 Å². The van der Waals surface area contributed by atoms with Gasteiger partial charge in [0.2, 0.25) is 0 Å². The molecule has 2 heterocycles. The summed E-state index contributed by atoms with van der Waals surface area (Å²) in [4.78, 5) is 14.6. The number of rotatable bonds is 0. The van der Waals surface area contributed by atoms with Crippen LogP contribution >= 0.6 is 15.9 Å². The van der Waals surface area contributed by atoms with Gasteiger partial charge in [0, 0.05) is 22.1 Å². The molecule has 0 radical (unpaired) electrons. The molecule has 2 aliphatic heterocycles. The normalized spacial score (nSPS) is 23.3. The van der Waals surface area contributed by atoms with E-state index in [1.807, 2.05) is 35.2 Å². The van der Waals surface area contributed by atoms with Crippen LogP contribution in [0.3, 0.4) is 0 Å². The second kappa shape index (κ2) is 3.48. The molecule has 0 fully saturated rings. The molecular weight excluding hydrogens is 302 g/mol. The Balaban J connectivity index is 1.99. The summed E-state index contributed by atoms with van der Waals surface area (Å²) in [5.74, 6) is 0.120. The van der Waals surface area contributed by atoms with Gasteiger partial charge in [-0.25, -0.2) is 0 Å². The molecule has 1 atom stereocenters. The first-order chi connectivity index (χ1) is 9.11. The number of nitrogens with zero attached hydrogens (tertiary/aromatic N) is 1. The minimum Gasteiger partial charge on any atom is -0.298 e. The van der Waals surface area contributed by atoms with Gasteiger partial charge < -0.3 is 0 Å². The summed E-state index contributed by atoms with van der Waals surface area (Å²) in [6.07, 6.45) is 0.887. The van der Waals surface area contributed by atoms with Gasteiger partial charge in [-0.2, -0.15) is 0 Å². The lowest BCUT2D eigenvalue weighted by Crippen LogP contribution is -2.38. The maximum absolute atomic E-state index is 12.7. The molecule has 1 amide bonds. The predicted molar refractivity (Wildman–Crippen MR) is 78.4 cm³/mol. The third-order valence-electron chi connectivity index (χ3n) is 4.26. The molecule has 0 aromatic heterocycles. The molecule has 2 aromatic carbocycles. The third kappa shape index (κ3) is 1.29. The number of carbonyl (C=O) groups excluding carboxylic acids is 1. The Morgan fingerprint density at radius 1 is 1.21 bits per heavy atom. The second-order valence-corrected chi connectivity index (χ2v) is 6.33. The van der Waals surface area contributed by atoms with E-state index >= 15 is 0 Å². The van der Waals surface area contributed by atoms with Crippen LogP contribution in [0, 0.1) is 0 Å². The molecule has 2 aliphatic rings. The Morgan fingerprint density at radius 2 is 2.00 bits per heavy atom. The fourth-order valence-electron chi connectivity index (χ4n) is 3.42. The predicted octanol–water partition coefficient (Wildman–Crippen LogP) is 3.88. The molecular formula is C16H12BrNO. The van der Waals surface area contributed by atoms with Crippen molar-refractivity contribution >= 4 is 27.5 Å². The molecule has 0 saturated heterocycles. The topological polar surface area (TPSA) is 20.3 Å². The molecule has 0 bridgehead atoms. The maximum atomic E-state index is 12.7. The monoisotopic (exact) mass is 313 g/mol. The first-order valence-corrected chi connectivity index (χ1v) is 7.13. The highest BCUT2D eigenvalue weighted by Crippen LogP contribution is 2.51. The van der Waals surface area contributed by atoms with E-state index in [2.05, 4.69) is 35.0 Å². The molecule has 19 heavy (non-hydrogen) atoms. The second-order valence-electron chi connectivity index (χ2n) is 5.41. The van der Waals surface area contributed by atoms with Crippen LogP contribution in [-0.2, 0) is 12.0 Å².